The SMILES string of the molecule is CCCOc1ccc(CCC(CN)CO)c(C)c1. The van der Waals surface area contributed by atoms with Gasteiger partial charge in [-0.25, -0.2) is 0 Å². The molecule has 3 nitrogen and oxygen atoms in total. The van der Waals surface area contributed by atoms with Gasteiger partial charge in [-0.2, -0.15) is 0 Å². The Morgan fingerprint density at radius 2 is 2.17 bits per heavy atom. The molecule has 102 valence electrons. The third-order valence-corrected chi connectivity index (χ3v) is 3.20. The highest BCUT2D eigenvalue weighted by Crippen LogP contribution is 2.19. The summed E-state index contributed by atoms with van der Waals surface area (Å²) in [6.45, 7) is 5.69. The van der Waals surface area contributed by atoms with E-state index >= 15 is 0 Å². The van der Waals surface area contributed by atoms with E-state index in [-0.39, 0.29) is 12.5 Å². The summed E-state index contributed by atoms with van der Waals surface area (Å²) in [5.74, 6) is 1.15. The van der Waals surface area contributed by atoms with Gasteiger partial charge in [0.1, 0.15) is 5.75 Å². The average molecular weight is 251 g/mol. The maximum absolute atomic E-state index is 9.11. The predicted molar refractivity (Wildman–Crippen MR) is 74.9 cm³/mol. The van der Waals surface area contributed by atoms with Crippen LogP contribution in [0.15, 0.2) is 18.2 Å². The lowest BCUT2D eigenvalue weighted by atomic mass is 9.97. The van der Waals surface area contributed by atoms with E-state index in [1.165, 1.54) is 11.1 Å². The van der Waals surface area contributed by atoms with Crippen LogP contribution in [-0.2, 0) is 6.42 Å². The van der Waals surface area contributed by atoms with Crippen molar-refractivity contribution in [3.05, 3.63) is 29.3 Å². The smallest absolute Gasteiger partial charge is 0.119 e. The van der Waals surface area contributed by atoms with Gasteiger partial charge in [0, 0.05) is 6.61 Å². The quantitative estimate of drug-likeness (QED) is 0.745. The summed E-state index contributed by atoms with van der Waals surface area (Å²) in [4.78, 5) is 0. The van der Waals surface area contributed by atoms with Crippen LogP contribution in [-0.4, -0.2) is 24.9 Å². The van der Waals surface area contributed by atoms with Crippen molar-refractivity contribution in [3.8, 4) is 5.75 Å². The molecular weight excluding hydrogens is 226 g/mol. The fraction of sp³-hybridized carbons (Fsp3) is 0.600. The van der Waals surface area contributed by atoms with Gasteiger partial charge in [-0.3, -0.25) is 0 Å². The number of aliphatic hydroxyl groups excluding tert-OH is 1. The number of hydrogen-bond acceptors (Lipinski definition) is 3. The van der Waals surface area contributed by atoms with E-state index in [4.69, 9.17) is 15.6 Å². The summed E-state index contributed by atoms with van der Waals surface area (Å²) in [6.07, 6.45) is 2.92. The van der Waals surface area contributed by atoms with Crippen molar-refractivity contribution in [1.82, 2.24) is 0 Å². The highest BCUT2D eigenvalue weighted by molar-refractivity contribution is 5.34. The van der Waals surface area contributed by atoms with Gasteiger partial charge in [-0.05, 0) is 61.9 Å². The van der Waals surface area contributed by atoms with Crippen molar-refractivity contribution in [1.29, 1.82) is 0 Å². The molecule has 1 rings (SSSR count). The van der Waals surface area contributed by atoms with Crippen molar-refractivity contribution < 1.29 is 9.84 Å². The van der Waals surface area contributed by atoms with Crippen LogP contribution in [0.2, 0.25) is 0 Å². The number of aryl methyl sites for hydroxylation is 2. The molecule has 0 aliphatic carbocycles. The average Bonchev–Trinajstić information content (AvgIpc) is 2.39. The molecule has 0 bridgehead atoms. The van der Waals surface area contributed by atoms with E-state index in [1.54, 1.807) is 0 Å². The minimum absolute atomic E-state index is 0.174. The molecule has 0 spiro atoms. The molecule has 18 heavy (non-hydrogen) atoms. The van der Waals surface area contributed by atoms with Crippen LogP contribution in [0.1, 0.15) is 30.9 Å². The Balaban J connectivity index is 2.56. The van der Waals surface area contributed by atoms with Crippen LogP contribution in [0, 0.1) is 12.8 Å². The first-order chi connectivity index (χ1) is 8.71. The number of hydrogen-bond donors (Lipinski definition) is 2. The third kappa shape index (κ3) is 4.67. The number of nitrogens with two attached hydrogens (primary N) is 1. The zero-order valence-electron chi connectivity index (χ0n) is 11.5. The number of aliphatic hydroxyl groups is 1. The molecule has 0 radical (unpaired) electrons. The molecule has 1 unspecified atom stereocenters. The molecular formula is C15H25NO2. The van der Waals surface area contributed by atoms with E-state index in [0.717, 1.165) is 31.6 Å². The minimum atomic E-state index is 0.174. The lowest BCUT2D eigenvalue weighted by molar-refractivity contribution is 0.223. The van der Waals surface area contributed by atoms with Crippen molar-refractivity contribution in [2.75, 3.05) is 19.8 Å². The zero-order chi connectivity index (χ0) is 13.4. The number of rotatable bonds is 8. The van der Waals surface area contributed by atoms with Crippen molar-refractivity contribution in [2.45, 2.75) is 33.1 Å². The molecule has 1 aromatic rings. The largest absolute Gasteiger partial charge is 0.494 e. The van der Waals surface area contributed by atoms with Crippen LogP contribution < -0.4 is 10.5 Å². The molecule has 0 saturated heterocycles. The van der Waals surface area contributed by atoms with E-state index in [1.807, 2.05) is 6.07 Å². The summed E-state index contributed by atoms with van der Waals surface area (Å²) in [5, 5.41) is 9.11. The molecule has 0 heterocycles. The third-order valence-electron chi connectivity index (χ3n) is 3.20. The standard InChI is InChI=1S/C15H25NO2/c1-3-8-18-15-7-6-14(12(2)9-15)5-4-13(10-16)11-17/h6-7,9,13,17H,3-5,8,10-11,16H2,1-2H3. The molecule has 0 fully saturated rings. The summed E-state index contributed by atoms with van der Waals surface area (Å²) in [7, 11) is 0. The van der Waals surface area contributed by atoms with Crippen LogP contribution in [0.4, 0.5) is 0 Å². The van der Waals surface area contributed by atoms with Crippen LogP contribution in [0.3, 0.4) is 0 Å². The summed E-state index contributed by atoms with van der Waals surface area (Å²) < 4.78 is 5.60. The Morgan fingerprint density at radius 1 is 1.39 bits per heavy atom. The van der Waals surface area contributed by atoms with Gasteiger partial charge in [0.25, 0.3) is 0 Å². The molecule has 1 atom stereocenters. The topological polar surface area (TPSA) is 55.5 Å². The second-order valence-electron chi connectivity index (χ2n) is 4.76. The van der Waals surface area contributed by atoms with E-state index in [2.05, 4.69) is 26.0 Å². The summed E-state index contributed by atoms with van der Waals surface area (Å²) >= 11 is 0. The van der Waals surface area contributed by atoms with Crippen molar-refractivity contribution in [3.63, 3.8) is 0 Å². The molecule has 0 aromatic heterocycles. The molecule has 0 aliphatic heterocycles. The van der Waals surface area contributed by atoms with E-state index < -0.39 is 0 Å². The molecule has 1 aromatic carbocycles. The van der Waals surface area contributed by atoms with Crippen molar-refractivity contribution in [2.24, 2.45) is 11.7 Å². The molecule has 3 heteroatoms. The van der Waals surface area contributed by atoms with Gasteiger partial charge in [0.05, 0.1) is 6.61 Å². The normalized spacial score (nSPS) is 12.4. The Bertz CT molecular complexity index is 348. The molecule has 0 aliphatic rings. The Morgan fingerprint density at radius 3 is 2.72 bits per heavy atom. The molecule has 0 amide bonds. The number of benzene rings is 1. The van der Waals surface area contributed by atoms with E-state index in [9.17, 15) is 0 Å². The maximum atomic E-state index is 9.11. The van der Waals surface area contributed by atoms with Crippen molar-refractivity contribution >= 4 is 0 Å². The van der Waals surface area contributed by atoms with Gasteiger partial charge in [0.15, 0.2) is 0 Å². The van der Waals surface area contributed by atoms with Gasteiger partial charge >= 0.3 is 0 Å². The first-order valence-electron chi connectivity index (χ1n) is 6.74. The highest BCUT2D eigenvalue weighted by atomic mass is 16.5. The lowest BCUT2D eigenvalue weighted by Crippen LogP contribution is -2.18. The molecule has 3 N–H and O–H groups in total. The Labute approximate surface area is 110 Å². The van der Waals surface area contributed by atoms with E-state index in [0.29, 0.717) is 6.54 Å². The Hall–Kier alpha value is -1.06. The van der Waals surface area contributed by atoms with Gasteiger partial charge in [-0.15, -0.1) is 0 Å². The van der Waals surface area contributed by atoms with Gasteiger partial charge < -0.3 is 15.6 Å². The van der Waals surface area contributed by atoms with Gasteiger partial charge in [-0.1, -0.05) is 13.0 Å². The minimum Gasteiger partial charge on any atom is -0.494 e. The Kier molecular flexibility index (Phi) is 6.76. The van der Waals surface area contributed by atoms with Gasteiger partial charge in [0.2, 0.25) is 0 Å². The zero-order valence-corrected chi connectivity index (χ0v) is 11.5. The second kappa shape index (κ2) is 8.11. The van der Waals surface area contributed by atoms with Crippen LogP contribution in [0.5, 0.6) is 5.75 Å². The summed E-state index contributed by atoms with van der Waals surface area (Å²) in [5.41, 5.74) is 8.14. The fourth-order valence-electron chi connectivity index (χ4n) is 1.90. The molecule has 0 saturated carbocycles. The number of ether oxygens (including phenoxy) is 1. The first-order valence-corrected chi connectivity index (χ1v) is 6.74. The first kappa shape index (κ1) is 15.0. The lowest BCUT2D eigenvalue weighted by Gasteiger charge is -2.13. The van der Waals surface area contributed by atoms with Crippen LogP contribution in [0.25, 0.3) is 0 Å². The predicted octanol–water partition coefficient (Wildman–Crippen LogP) is 2.28. The monoisotopic (exact) mass is 251 g/mol. The maximum Gasteiger partial charge on any atom is 0.119 e. The fourth-order valence-corrected chi connectivity index (χ4v) is 1.90. The summed E-state index contributed by atoms with van der Waals surface area (Å²) in [6, 6.07) is 6.22. The second-order valence-corrected chi connectivity index (χ2v) is 4.76. The van der Waals surface area contributed by atoms with Crippen LogP contribution >= 0.6 is 0 Å². The highest BCUT2D eigenvalue weighted by Gasteiger charge is 2.07.